The van der Waals surface area contributed by atoms with Crippen LogP contribution in [0, 0.1) is 0 Å². The second-order valence-electron chi connectivity index (χ2n) is 4.34. The number of carbonyl (C=O) groups is 3. The van der Waals surface area contributed by atoms with Crippen LogP contribution in [-0.2, 0) is 19.2 Å². The van der Waals surface area contributed by atoms with E-state index in [-0.39, 0.29) is 35.8 Å². The summed E-state index contributed by atoms with van der Waals surface area (Å²) in [6.45, 7) is 0. The van der Waals surface area contributed by atoms with Crippen molar-refractivity contribution >= 4 is 40.0 Å². The van der Waals surface area contributed by atoms with Crippen molar-refractivity contribution in [3.8, 4) is 0 Å². The smallest absolute Gasteiger partial charge is 0.326 e. The SMILES string of the molecule is CO/N=C(/C(=O)NC(CCCC(=O)O)C(=O)O)c1csc(N)n1. The predicted molar refractivity (Wildman–Crippen MR) is 81.1 cm³/mol. The molecule has 1 aromatic heterocycles. The fraction of sp³-hybridized carbons (Fsp3) is 0.417. The summed E-state index contributed by atoms with van der Waals surface area (Å²) in [4.78, 5) is 42.3. The maximum atomic E-state index is 12.2. The largest absolute Gasteiger partial charge is 0.481 e. The number of carboxylic acids is 2. The molecular weight excluding hydrogens is 328 g/mol. The van der Waals surface area contributed by atoms with Crippen LogP contribution in [0.15, 0.2) is 10.5 Å². The lowest BCUT2D eigenvalue weighted by molar-refractivity contribution is -0.142. The van der Waals surface area contributed by atoms with Gasteiger partial charge in [-0.15, -0.1) is 11.3 Å². The third-order valence-corrected chi connectivity index (χ3v) is 3.32. The molecule has 0 aliphatic carbocycles. The van der Waals surface area contributed by atoms with Crippen molar-refractivity contribution < 1.29 is 29.4 Å². The molecule has 0 saturated heterocycles. The number of oxime groups is 1. The summed E-state index contributed by atoms with van der Waals surface area (Å²) in [5.74, 6) is -3.13. The molecule has 1 amide bonds. The maximum Gasteiger partial charge on any atom is 0.326 e. The van der Waals surface area contributed by atoms with E-state index in [1.165, 1.54) is 12.5 Å². The Kier molecular flexibility index (Phi) is 6.93. The number of aliphatic carboxylic acids is 2. The summed E-state index contributed by atoms with van der Waals surface area (Å²) in [5.41, 5.74) is 5.42. The zero-order chi connectivity index (χ0) is 17.4. The molecule has 0 saturated carbocycles. The second kappa shape index (κ2) is 8.68. The molecule has 1 atom stereocenters. The topological polar surface area (TPSA) is 164 Å². The first-order valence-corrected chi connectivity index (χ1v) is 7.31. The highest BCUT2D eigenvalue weighted by atomic mass is 32.1. The highest BCUT2D eigenvalue weighted by Crippen LogP contribution is 2.13. The van der Waals surface area contributed by atoms with E-state index in [0.717, 1.165) is 11.3 Å². The van der Waals surface area contributed by atoms with Crippen LogP contribution in [0.2, 0.25) is 0 Å². The quantitative estimate of drug-likeness (QED) is 0.356. The van der Waals surface area contributed by atoms with Crippen LogP contribution in [0.1, 0.15) is 25.0 Å². The molecule has 126 valence electrons. The Morgan fingerprint density at radius 1 is 1.48 bits per heavy atom. The van der Waals surface area contributed by atoms with Gasteiger partial charge >= 0.3 is 11.9 Å². The Morgan fingerprint density at radius 3 is 2.65 bits per heavy atom. The van der Waals surface area contributed by atoms with Gasteiger partial charge in [0, 0.05) is 11.8 Å². The van der Waals surface area contributed by atoms with Crippen molar-refractivity contribution in [3.63, 3.8) is 0 Å². The second-order valence-corrected chi connectivity index (χ2v) is 5.23. The lowest BCUT2D eigenvalue weighted by Crippen LogP contribution is -2.44. The van der Waals surface area contributed by atoms with Gasteiger partial charge in [-0.1, -0.05) is 5.16 Å². The number of aromatic nitrogens is 1. The van der Waals surface area contributed by atoms with Crippen molar-refractivity contribution in [1.82, 2.24) is 10.3 Å². The van der Waals surface area contributed by atoms with Crippen LogP contribution in [-0.4, -0.2) is 51.9 Å². The van der Waals surface area contributed by atoms with Crippen LogP contribution in [0.25, 0.3) is 0 Å². The average molecular weight is 344 g/mol. The van der Waals surface area contributed by atoms with E-state index in [2.05, 4.69) is 20.3 Å². The number of carbonyl (C=O) groups excluding carboxylic acids is 1. The molecule has 0 bridgehead atoms. The lowest BCUT2D eigenvalue weighted by atomic mass is 10.1. The molecule has 10 nitrogen and oxygen atoms in total. The van der Waals surface area contributed by atoms with E-state index in [9.17, 15) is 14.4 Å². The molecule has 11 heteroatoms. The number of anilines is 1. The molecule has 1 heterocycles. The van der Waals surface area contributed by atoms with Gasteiger partial charge in [0.2, 0.25) is 0 Å². The van der Waals surface area contributed by atoms with E-state index in [1.807, 2.05) is 0 Å². The molecule has 0 fully saturated rings. The van der Waals surface area contributed by atoms with E-state index in [0.29, 0.717) is 0 Å². The van der Waals surface area contributed by atoms with Crippen LogP contribution < -0.4 is 11.1 Å². The molecule has 0 aromatic carbocycles. The number of nitrogens with one attached hydrogen (secondary N) is 1. The molecule has 0 spiro atoms. The third-order valence-electron chi connectivity index (χ3n) is 2.65. The van der Waals surface area contributed by atoms with Gasteiger partial charge in [0.05, 0.1) is 0 Å². The van der Waals surface area contributed by atoms with Gasteiger partial charge in [-0.05, 0) is 12.8 Å². The van der Waals surface area contributed by atoms with Crippen molar-refractivity contribution in [2.45, 2.75) is 25.3 Å². The van der Waals surface area contributed by atoms with Gasteiger partial charge in [0.15, 0.2) is 10.8 Å². The minimum Gasteiger partial charge on any atom is -0.481 e. The van der Waals surface area contributed by atoms with Gasteiger partial charge in [0.25, 0.3) is 5.91 Å². The third kappa shape index (κ3) is 5.90. The van der Waals surface area contributed by atoms with Crippen LogP contribution in [0.5, 0.6) is 0 Å². The van der Waals surface area contributed by atoms with Crippen molar-refractivity contribution in [1.29, 1.82) is 0 Å². The van der Waals surface area contributed by atoms with Gasteiger partial charge in [-0.25, -0.2) is 9.78 Å². The normalized spacial score (nSPS) is 12.5. The number of nitrogens with zero attached hydrogens (tertiary/aromatic N) is 2. The number of nitrogen functional groups attached to an aromatic ring is 1. The summed E-state index contributed by atoms with van der Waals surface area (Å²) in [6, 6.07) is -1.25. The van der Waals surface area contributed by atoms with Crippen LogP contribution in [0.3, 0.4) is 0 Å². The monoisotopic (exact) mass is 344 g/mol. The number of rotatable bonds is 9. The summed E-state index contributed by atoms with van der Waals surface area (Å²) in [7, 11) is 1.23. The van der Waals surface area contributed by atoms with E-state index in [4.69, 9.17) is 15.9 Å². The zero-order valence-corrected chi connectivity index (χ0v) is 13.0. The fourth-order valence-corrected chi connectivity index (χ4v) is 2.18. The highest BCUT2D eigenvalue weighted by molar-refractivity contribution is 7.13. The van der Waals surface area contributed by atoms with Gasteiger partial charge in [-0.2, -0.15) is 0 Å². The number of nitrogens with two attached hydrogens (primary N) is 1. The lowest BCUT2D eigenvalue weighted by Gasteiger charge is -2.14. The van der Waals surface area contributed by atoms with Crippen LogP contribution in [0.4, 0.5) is 5.13 Å². The first-order valence-electron chi connectivity index (χ1n) is 6.43. The molecule has 0 aliphatic heterocycles. The summed E-state index contributed by atoms with van der Waals surface area (Å²) >= 11 is 1.09. The average Bonchev–Trinajstić information content (AvgIpc) is 2.89. The molecule has 0 radical (unpaired) electrons. The number of hydrogen-bond acceptors (Lipinski definition) is 8. The summed E-state index contributed by atoms with van der Waals surface area (Å²) in [5, 5.41) is 25.2. The van der Waals surface area contributed by atoms with Crippen LogP contribution >= 0.6 is 11.3 Å². The summed E-state index contributed by atoms with van der Waals surface area (Å²) in [6.07, 6.45) is -0.124. The number of amides is 1. The Balaban J connectivity index is 2.80. The van der Waals surface area contributed by atoms with Crippen molar-refractivity contribution in [3.05, 3.63) is 11.1 Å². The molecule has 1 rings (SSSR count). The molecule has 5 N–H and O–H groups in total. The highest BCUT2D eigenvalue weighted by Gasteiger charge is 2.25. The standard InChI is InChI=1S/C12H16N4O6S/c1-22-16-9(7-5-23-12(13)15-7)10(19)14-6(11(20)21)3-2-4-8(17)18/h5-6H,2-4H2,1H3,(H2,13,15)(H,14,19)(H,17,18)(H,20,21)/b16-9+. The molecule has 0 aliphatic rings. The van der Waals surface area contributed by atoms with Crippen molar-refractivity contribution in [2.75, 3.05) is 12.8 Å². The van der Waals surface area contributed by atoms with Gasteiger partial charge < -0.3 is 26.1 Å². The predicted octanol–water partition coefficient (Wildman–Crippen LogP) is -0.0999. The Morgan fingerprint density at radius 2 is 2.17 bits per heavy atom. The Hall–Kier alpha value is -2.69. The van der Waals surface area contributed by atoms with E-state index >= 15 is 0 Å². The maximum absolute atomic E-state index is 12.2. The molecule has 23 heavy (non-hydrogen) atoms. The van der Waals surface area contributed by atoms with E-state index < -0.39 is 23.9 Å². The number of carboxylic acid groups (broad SMARTS) is 2. The molecule has 1 unspecified atom stereocenters. The first-order chi connectivity index (χ1) is 10.8. The first kappa shape index (κ1) is 18.4. The molecule has 1 aromatic rings. The van der Waals surface area contributed by atoms with Gasteiger partial charge in [-0.3, -0.25) is 9.59 Å². The fourth-order valence-electron chi connectivity index (χ4n) is 1.63. The van der Waals surface area contributed by atoms with Gasteiger partial charge in [0.1, 0.15) is 18.8 Å². The van der Waals surface area contributed by atoms with E-state index in [1.54, 1.807) is 0 Å². The zero-order valence-electron chi connectivity index (χ0n) is 12.2. The minimum absolute atomic E-state index is 0.0349. The summed E-state index contributed by atoms with van der Waals surface area (Å²) < 4.78 is 0. The molecular formula is C12H16N4O6S. The Bertz CT molecular complexity index is 614. The van der Waals surface area contributed by atoms with Crippen molar-refractivity contribution in [2.24, 2.45) is 5.16 Å². The Labute approximate surface area is 135 Å². The number of thiazole rings is 1. The number of hydrogen-bond donors (Lipinski definition) is 4. The minimum atomic E-state index is -1.28.